The maximum absolute atomic E-state index is 13.2. The number of halogens is 4. The standard InChI is InChI=1S/C18H9ClF3N3O2/c19-11-8-23-24(9-11)14-6-5-10(18(20,21)22)7-15(14)25-16(26)12-3-1-2-4-13(12)17(25)27/h1-9H. The summed E-state index contributed by atoms with van der Waals surface area (Å²) in [6.07, 6.45) is -1.98. The maximum atomic E-state index is 13.2. The van der Waals surface area contributed by atoms with E-state index in [2.05, 4.69) is 5.10 Å². The minimum absolute atomic E-state index is 0.115. The molecule has 2 aromatic carbocycles. The summed E-state index contributed by atoms with van der Waals surface area (Å²) in [5, 5.41) is 4.22. The van der Waals surface area contributed by atoms with Crippen molar-refractivity contribution >= 4 is 29.1 Å². The van der Waals surface area contributed by atoms with Crippen molar-refractivity contribution < 1.29 is 22.8 Å². The third kappa shape index (κ3) is 2.78. The monoisotopic (exact) mass is 391 g/mol. The van der Waals surface area contributed by atoms with Crippen molar-refractivity contribution in [3.05, 3.63) is 76.6 Å². The molecule has 1 aliphatic rings. The number of hydrogen-bond donors (Lipinski definition) is 0. The van der Waals surface area contributed by atoms with E-state index in [1.165, 1.54) is 29.2 Å². The normalized spacial score (nSPS) is 14.0. The minimum Gasteiger partial charge on any atom is -0.268 e. The van der Waals surface area contributed by atoms with Gasteiger partial charge in [-0.2, -0.15) is 18.3 Å². The molecule has 0 spiro atoms. The van der Waals surface area contributed by atoms with Crippen molar-refractivity contribution in [2.24, 2.45) is 0 Å². The molecule has 4 rings (SSSR count). The van der Waals surface area contributed by atoms with Gasteiger partial charge in [0, 0.05) is 6.20 Å². The summed E-state index contributed by atoms with van der Waals surface area (Å²) in [6.45, 7) is 0. The van der Waals surface area contributed by atoms with Gasteiger partial charge in [0.25, 0.3) is 11.8 Å². The molecule has 136 valence electrons. The van der Waals surface area contributed by atoms with E-state index in [-0.39, 0.29) is 27.5 Å². The zero-order valence-corrected chi connectivity index (χ0v) is 14.1. The lowest BCUT2D eigenvalue weighted by Gasteiger charge is -2.20. The van der Waals surface area contributed by atoms with Crippen LogP contribution in [0.1, 0.15) is 26.3 Å². The number of imide groups is 1. The van der Waals surface area contributed by atoms with Crippen LogP contribution in [0, 0.1) is 0 Å². The van der Waals surface area contributed by atoms with Gasteiger partial charge in [0.2, 0.25) is 0 Å². The van der Waals surface area contributed by atoms with Gasteiger partial charge < -0.3 is 0 Å². The molecular formula is C18H9ClF3N3O2. The second-order valence-corrected chi connectivity index (χ2v) is 6.23. The fourth-order valence-electron chi connectivity index (χ4n) is 2.91. The predicted molar refractivity (Wildman–Crippen MR) is 91.2 cm³/mol. The largest absolute Gasteiger partial charge is 0.416 e. The molecule has 0 bridgehead atoms. The van der Waals surface area contributed by atoms with Gasteiger partial charge in [-0.1, -0.05) is 23.7 Å². The Morgan fingerprint density at radius 1 is 0.926 bits per heavy atom. The number of carbonyl (C=O) groups is 2. The Kier molecular flexibility index (Phi) is 3.81. The highest BCUT2D eigenvalue weighted by atomic mass is 35.5. The summed E-state index contributed by atoms with van der Waals surface area (Å²) in [6, 6.07) is 8.81. The molecule has 0 fully saturated rings. The van der Waals surface area contributed by atoms with Crippen LogP contribution >= 0.6 is 11.6 Å². The summed E-state index contributed by atoms with van der Waals surface area (Å²) in [7, 11) is 0. The SMILES string of the molecule is O=C1c2ccccc2C(=O)N1c1cc(C(F)(F)F)ccc1-n1cc(Cl)cn1. The van der Waals surface area contributed by atoms with Crippen molar-refractivity contribution in [3.63, 3.8) is 0 Å². The first-order valence-electron chi connectivity index (χ1n) is 7.67. The van der Waals surface area contributed by atoms with E-state index in [0.717, 1.165) is 23.1 Å². The molecule has 0 aliphatic carbocycles. The summed E-state index contributed by atoms with van der Waals surface area (Å²) in [4.78, 5) is 26.2. The first kappa shape index (κ1) is 17.3. The highest BCUT2D eigenvalue weighted by Crippen LogP contribution is 2.38. The molecule has 3 aromatic rings. The molecular weight excluding hydrogens is 383 g/mol. The predicted octanol–water partition coefficient (Wildman–Crippen LogP) is 4.35. The van der Waals surface area contributed by atoms with Crippen LogP contribution in [-0.2, 0) is 6.18 Å². The molecule has 0 saturated carbocycles. The van der Waals surface area contributed by atoms with Crippen LogP contribution < -0.4 is 4.90 Å². The van der Waals surface area contributed by atoms with E-state index in [1.807, 2.05) is 0 Å². The Morgan fingerprint density at radius 3 is 2.07 bits per heavy atom. The van der Waals surface area contributed by atoms with Crippen molar-refractivity contribution in [2.45, 2.75) is 6.18 Å². The van der Waals surface area contributed by atoms with Gasteiger partial charge in [-0.3, -0.25) is 9.59 Å². The molecule has 1 aliphatic heterocycles. The molecule has 9 heteroatoms. The van der Waals surface area contributed by atoms with Crippen molar-refractivity contribution in [1.82, 2.24) is 9.78 Å². The van der Waals surface area contributed by atoms with Gasteiger partial charge in [0.15, 0.2) is 0 Å². The smallest absolute Gasteiger partial charge is 0.268 e. The summed E-state index contributed by atoms with van der Waals surface area (Å²) < 4.78 is 40.9. The van der Waals surface area contributed by atoms with E-state index in [0.29, 0.717) is 0 Å². The lowest BCUT2D eigenvalue weighted by atomic mass is 10.1. The minimum atomic E-state index is -4.65. The molecule has 0 saturated heterocycles. The summed E-state index contributed by atoms with van der Waals surface area (Å²) in [5.41, 5.74) is -0.843. The molecule has 0 atom stereocenters. The second-order valence-electron chi connectivity index (χ2n) is 5.80. The molecule has 2 heterocycles. The lowest BCUT2D eigenvalue weighted by Crippen LogP contribution is -2.31. The Hall–Kier alpha value is -3.13. The third-order valence-electron chi connectivity index (χ3n) is 4.14. The van der Waals surface area contributed by atoms with Crippen molar-refractivity contribution in [3.8, 4) is 5.69 Å². The molecule has 5 nitrogen and oxygen atoms in total. The summed E-state index contributed by atoms with van der Waals surface area (Å²) in [5.74, 6) is -1.40. The van der Waals surface area contributed by atoms with Crippen LogP contribution in [0.25, 0.3) is 5.69 Å². The molecule has 27 heavy (non-hydrogen) atoms. The lowest BCUT2D eigenvalue weighted by molar-refractivity contribution is -0.137. The van der Waals surface area contributed by atoms with Crippen LogP contribution in [0.4, 0.5) is 18.9 Å². The fraction of sp³-hybridized carbons (Fsp3) is 0.0556. The fourth-order valence-corrected chi connectivity index (χ4v) is 3.05. The Bertz CT molecular complexity index is 1060. The van der Waals surface area contributed by atoms with Crippen LogP contribution in [0.5, 0.6) is 0 Å². The first-order valence-corrected chi connectivity index (χ1v) is 8.05. The number of rotatable bonds is 2. The number of anilines is 1. The van der Waals surface area contributed by atoms with Gasteiger partial charge in [0.05, 0.1) is 39.3 Å². The number of hydrogen-bond acceptors (Lipinski definition) is 3. The Morgan fingerprint density at radius 2 is 1.56 bits per heavy atom. The topological polar surface area (TPSA) is 55.2 Å². The Balaban J connectivity index is 1.93. The number of nitrogens with zero attached hydrogens (tertiary/aromatic N) is 3. The number of benzene rings is 2. The molecule has 0 N–H and O–H groups in total. The quantitative estimate of drug-likeness (QED) is 0.610. The number of carbonyl (C=O) groups excluding carboxylic acids is 2. The van der Waals surface area contributed by atoms with Crippen LogP contribution in [0.3, 0.4) is 0 Å². The average molecular weight is 392 g/mol. The van der Waals surface area contributed by atoms with Crippen LogP contribution in [-0.4, -0.2) is 21.6 Å². The zero-order valence-electron chi connectivity index (χ0n) is 13.4. The zero-order chi connectivity index (χ0) is 19.3. The third-order valence-corrected chi connectivity index (χ3v) is 4.33. The maximum Gasteiger partial charge on any atom is 0.416 e. The molecule has 0 unspecified atom stereocenters. The van der Waals surface area contributed by atoms with E-state index < -0.39 is 23.6 Å². The van der Waals surface area contributed by atoms with E-state index in [9.17, 15) is 22.8 Å². The van der Waals surface area contributed by atoms with E-state index in [4.69, 9.17) is 11.6 Å². The first-order chi connectivity index (χ1) is 12.8. The molecule has 1 aromatic heterocycles. The van der Waals surface area contributed by atoms with E-state index >= 15 is 0 Å². The van der Waals surface area contributed by atoms with Crippen LogP contribution in [0.2, 0.25) is 5.02 Å². The van der Waals surface area contributed by atoms with Crippen molar-refractivity contribution in [1.29, 1.82) is 0 Å². The molecule has 0 radical (unpaired) electrons. The van der Waals surface area contributed by atoms with Gasteiger partial charge in [-0.15, -0.1) is 0 Å². The van der Waals surface area contributed by atoms with Gasteiger partial charge in [-0.25, -0.2) is 9.58 Å². The van der Waals surface area contributed by atoms with E-state index in [1.54, 1.807) is 12.1 Å². The number of aromatic nitrogens is 2. The van der Waals surface area contributed by atoms with Gasteiger partial charge in [0.1, 0.15) is 0 Å². The highest BCUT2D eigenvalue weighted by Gasteiger charge is 2.39. The van der Waals surface area contributed by atoms with Gasteiger partial charge in [-0.05, 0) is 30.3 Å². The van der Waals surface area contributed by atoms with Crippen LogP contribution in [0.15, 0.2) is 54.9 Å². The number of alkyl halides is 3. The average Bonchev–Trinajstić information content (AvgIpc) is 3.16. The Labute approximate surface area is 155 Å². The summed E-state index contributed by atoms with van der Waals surface area (Å²) >= 11 is 5.85. The molecule has 2 amide bonds. The number of fused-ring (bicyclic) bond motifs is 1. The van der Waals surface area contributed by atoms with Gasteiger partial charge >= 0.3 is 6.18 Å². The van der Waals surface area contributed by atoms with Crippen molar-refractivity contribution in [2.75, 3.05) is 4.90 Å². The highest BCUT2D eigenvalue weighted by molar-refractivity contribution is 6.35. The second kappa shape index (κ2) is 5.95. The number of amides is 2.